The molecular weight excluding hydrogens is 436 g/mol. The summed E-state index contributed by atoms with van der Waals surface area (Å²) in [6.07, 6.45) is 1.71. The molecule has 0 bridgehead atoms. The van der Waals surface area contributed by atoms with Gasteiger partial charge in [0, 0.05) is 23.0 Å². The number of carbonyl (C=O) groups is 1. The van der Waals surface area contributed by atoms with Gasteiger partial charge in [-0.05, 0) is 24.3 Å². The maximum absolute atomic E-state index is 12.5. The van der Waals surface area contributed by atoms with E-state index in [2.05, 4.69) is 20.5 Å². The van der Waals surface area contributed by atoms with Gasteiger partial charge in [-0.15, -0.1) is 10.2 Å². The molecule has 0 fully saturated rings. The van der Waals surface area contributed by atoms with Crippen molar-refractivity contribution < 1.29 is 14.3 Å². The largest absolute Gasteiger partial charge is 0.506 e. The topological polar surface area (TPSA) is 118 Å². The van der Waals surface area contributed by atoms with E-state index in [0.717, 1.165) is 17.0 Å². The van der Waals surface area contributed by atoms with Crippen molar-refractivity contribution in [3.63, 3.8) is 0 Å². The lowest BCUT2D eigenvalue weighted by molar-refractivity contribution is 0.102. The Labute approximate surface area is 176 Å². The fourth-order valence-corrected chi connectivity index (χ4v) is 4.28. The van der Waals surface area contributed by atoms with E-state index in [1.165, 1.54) is 30.0 Å². The third kappa shape index (κ3) is 4.24. The number of anilines is 1. The Kier molecular flexibility index (Phi) is 5.47. The van der Waals surface area contributed by atoms with Crippen molar-refractivity contribution in [2.45, 2.75) is 10.1 Å². The first-order valence-corrected chi connectivity index (χ1v) is 10.3. The fourth-order valence-electron chi connectivity index (χ4n) is 2.46. The van der Waals surface area contributed by atoms with Crippen molar-refractivity contribution >= 4 is 56.7 Å². The van der Waals surface area contributed by atoms with Gasteiger partial charge in [0.05, 0.1) is 11.1 Å². The first kappa shape index (κ1) is 19.4. The minimum Gasteiger partial charge on any atom is -0.506 e. The lowest BCUT2D eigenvalue weighted by atomic mass is 10.1. The van der Waals surface area contributed by atoms with E-state index in [-0.39, 0.29) is 16.1 Å². The highest BCUT2D eigenvalue weighted by molar-refractivity contribution is 8.00. The fraction of sp³-hybridized carbons (Fsp3) is 0.0556. The predicted molar refractivity (Wildman–Crippen MR) is 111 cm³/mol. The summed E-state index contributed by atoms with van der Waals surface area (Å²) in [6, 6.07) is 9.98. The van der Waals surface area contributed by atoms with Gasteiger partial charge in [0.2, 0.25) is 5.13 Å². The summed E-state index contributed by atoms with van der Waals surface area (Å²) in [7, 11) is 0. The first-order valence-electron chi connectivity index (χ1n) is 8.14. The average molecular weight is 447 g/mol. The lowest BCUT2D eigenvalue weighted by Gasteiger charge is -2.06. The van der Waals surface area contributed by atoms with Gasteiger partial charge >= 0.3 is 5.63 Å². The number of hydrogen-bond acceptors (Lipinski definition) is 9. The lowest BCUT2D eigenvalue weighted by Crippen LogP contribution is -2.21. The molecule has 29 heavy (non-hydrogen) atoms. The maximum Gasteiger partial charge on any atom is 0.353 e. The minimum absolute atomic E-state index is 0.0840. The summed E-state index contributed by atoms with van der Waals surface area (Å²) in [5.41, 5.74) is -0.528. The zero-order chi connectivity index (χ0) is 20.4. The van der Waals surface area contributed by atoms with Crippen molar-refractivity contribution in [2.24, 2.45) is 0 Å². The van der Waals surface area contributed by atoms with Gasteiger partial charge in [-0.2, -0.15) is 0 Å². The summed E-state index contributed by atoms with van der Waals surface area (Å²) in [5.74, 6) is -0.730. The second-order valence-corrected chi connectivity index (χ2v) is 8.33. The Balaban J connectivity index is 1.52. The van der Waals surface area contributed by atoms with Crippen LogP contribution in [-0.2, 0) is 5.75 Å². The van der Waals surface area contributed by atoms with Gasteiger partial charge in [-0.1, -0.05) is 40.8 Å². The highest BCUT2D eigenvalue weighted by Gasteiger charge is 2.22. The summed E-state index contributed by atoms with van der Waals surface area (Å²) in [6.45, 7) is 0. The van der Waals surface area contributed by atoms with Gasteiger partial charge in [-0.3, -0.25) is 15.1 Å². The number of thioether (sulfide) groups is 1. The van der Waals surface area contributed by atoms with Crippen LogP contribution in [0.25, 0.3) is 11.0 Å². The Morgan fingerprint density at radius 2 is 2.14 bits per heavy atom. The standard InChI is InChI=1S/C18H11ClN4O4S2/c19-9-4-5-11-12(7-9)27-16(26)13(14(11)24)15(25)21-17-22-23-18(29-17)28-8-10-3-1-2-6-20-10/h1-7,24H,8H2,(H,21,22,25). The molecule has 0 aliphatic carbocycles. The molecule has 1 amide bonds. The van der Waals surface area contributed by atoms with Crippen LogP contribution in [0.3, 0.4) is 0 Å². The third-order valence-electron chi connectivity index (χ3n) is 3.77. The van der Waals surface area contributed by atoms with Crippen LogP contribution < -0.4 is 10.9 Å². The van der Waals surface area contributed by atoms with E-state index >= 15 is 0 Å². The van der Waals surface area contributed by atoms with E-state index in [1.807, 2.05) is 18.2 Å². The van der Waals surface area contributed by atoms with Crippen LogP contribution in [0.4, 0.5) is 5.13 Å². The number of benzene rings is 1. The number of fused-ring (bicyclic) bond motifs is 1. The molecule has 0 atom stereocenters. The van der Waals surface area contributed by atoms with Crippen LogP contribution >= 0.6 is 34.7 Å². The predicted octanol–water partition coefficient (Wildman–Crippen LogP) is 3.94. The van der Waals surface area contributed by atoms with Crippen LogP contribution in [0, 0.1) is 0 Å². The summed E-state index contributed by atoms with van der Waals surface area (Å²) < 4.78 is 5.72. The SMILES string of the molecule is O=C(Nc1nnc(SCc2ccccn2)s1)c1c(O)c2ccc(Cl)cc2oc1=O. The van der Waals surface area contributed by atoms with Gasteiger partial charge in [0.25, 0.3) is 5.91 Å². The summed E-state index contributed by atoms with van der Waals surface area (Å²) in [4.78, 5) is 28.9. The maximum atomic E-state index is 12.5. The van der Waals surface area contributed by atoms with Crippen LogP contribution in [0.15, 0.2) is 56.1 Å². The molecule has 11 heteroatoms. The zero-order valence-electron chi connectivity index (χ0n) is 14.5. The quantitative estimate of drug-likeness (QED) is 0.269. The van der Waals surface area contributed by atoms with E-state index < -0.39 is 22.8 Å². The molecule has 0 aliphatic rings. The molecule has 0 aliphatic heterocycles. The van der Waals surface area contributed by atoms with Gasteiger partial charge in [0.1, 0.15) is 11.3 Å². The van der Waals surface area contributed by atoms with Crippen LogP contribution in [-0.4, -0.2) is 26.2 Å². The molecule has 4 rings (SSSR count). The van der Waals surface area contributed by atoms with E-state index in [4.69, 9.17) is 16.0 Å². The molecule has 8 nitrogen and oxygen atoms in total. The van der Waals surface area contributed by atoms with E-state index in [9.17, 15) is 14.7 Å². The molecule has 0 saturated heterocycles. The number of hydrogen-bond donors (Lipinski definition) is 2. The van der Waals surface area contributed by atoms with Crippen molar-refractivity contribution in [1.82, 2.24) is 15.2 Å². The normalized spacial score (nSPS) is 10.9. The highest BCUT2D eigenvalue weighted by Crippen LogP contribution is 2.30. The molecule has 0 saturated carbocycles. The van der Waals surface area contributed by atoms with Gasteiger partial charge in [0.15, 0.2) is 9.90 Å². The van der Waals surface area contributed by atoms with Crippen LogP contribution in [0.1, 0.15) is 16.1 Å². The number of halogens is 1. The Hall–Kier alpha value is -2.95. The number of aromatic hydroxyl groups is 1. The second-order valence-electron chi connectivity index (χ2n) is 5.69. The van der Waals surface area contributed by atoms with Crippen molar-refractivity contribution in [3.05, 3.63) is 69.3 Å². The molecule has 3 heterocycles. The van der Waals surface area contributed by atoms with Gasteiger partial charge < -0.3 is 9.52 Å². The second kappa shape index (κ2) is 8.19. The third-order valence-corrected chi connectivity index (χ3v) is 6.01. The minimum atomic E-state index is -0.982. The molecule has 0 unspecified atom stereocenters. The molecule has 0 radical (unpaired) electrons. The van der Waals surface area contributed by atoms with Crippen LogP contribution in [0.2, 0.25) is 5.02 Å². The number of amides is 1. The number of pyridine rings is 1. The molecule has 146 valence electrons. The molecular formula is C18H11ClN4O4S2. The van der Waals surface area contributed by atoms with Crippen molar-refractivity contribution in [1.29, 1.82) is 0 Å². The number of rotatable bonds is 5. The first-order chi connectivity index (χ1) is 14.0. The van der Waals surface area contributed by atoms with E-state index in [0.29, 0.717) is 15.1 Å². The average Bonchev–Trinajstić information content (AvgIpc) is 3.14. The molecule has 1 aromatic carbocycles. The van der Waals surface area contributed by atoms with Gasteiger partial charge in [-0.25, -0.2) is 4.79 Å². The summed E-state index contributed by atoms with van der Waals surface area (Å²) >= 11 is 8.41. The Morgan fingerprint density at radius 1 is 1.28 bits per heavy atom. The monoisotopic (exact) mass is 446 g/mol. The molecule has 2 N–H and O–H groups in total. The summed E-state index contributed by atoms with van der Waals surface area (Å²) in [5, 5.41) is 21.4. The van der Waals surface area contributed by atoms with Crippen LogP contribution in [0.5, 0.6) is 5.75 Å². The number of nitrogens with zero attached hydrogens (tertiary/aromatic N) is 3. The number of carbonyl (C=O) groups excluding carboxylic acids is 1. The van der Waals surface area contributed by atoms with Crippen molar-refractivity contribution in [3.8, 4) is 5.75 Å². The van der Waals surface area contributed by atoms with E-state index in [1.54, 1.807) is 6.20 Å². The van der Waals surface area contributed by atoms with Crippen molar-refractivity contribution in [2.75, 3.05) is 5.32 Å². The zero-order valence-corrected chi connectivity index (χ0v) is 16.8. The smallest absolute Gasteiger partial charge is 0.353 e. The molecule has 3 aromatic heterocycles. The number of aromatic nitrogens is 3. The molecule has 0 spiro atoms. The number of nitrogens with one attached hydrogen (secondary N) is 1. The highest BCUT2D eigenvalue weighted by atomic mass is 35.5. The molecule has 4 aromatic rings. The Bertz CT molecular complexity index is 1260. The Morgan fingerprint density at radius 3 is 2.93 bits per heavy atom.